The molecule has 0 aromatic heterocycles. The second kappa shape index (κ2) is 4.52. The van der Waals surface area contributed by atoms with Crippen molar-refractivity contribution in [3.05, 3.63) is 34.3 Å². The van der Waals surface area contributed by atoms with Crippen LogP contribution in [0.3, 0.4) is 0 Å². The van der Waals surface area contributed by atoms with Crippen LogP contribution in [0.2, 0.25) is 5.02 Å². The summed E-state index contributed by atoms with van der Waals surface area (Å²) in [5.74, 6) is 0.391. The Hall–Kier alpha value is -0.570. The predicted molar refractivity (Wildman–Crippen MR) is 64.2 cm³/mol. The third-order valence-electron chi connectivity index (χ3n) is 3.16. The first-order valence-electron chi connectivity index (χ1n) is 5.46. The molecule has 1 atom stereocenters. The van der Waals surface area contributed by atoms with Crippen LogP contribution in [0.15, 0.2) is 18.2 Å². The van der Waals surface area contributed by atoms with Crippen LogP contribution in [0.4, 0.5) is 0 Å². The molecule has 1 unspecified atom stereocenters. The van der Waals surface area contributed by atoms with Gasteiger partial charge in [0, 0.05) is 30.6 Å². The van der Waals surface area contributed by atoms with Gasteiger partial charge in [-0.05, 0) is 23.7 Å². The highest BCUT2D eigenvalue weighted by Crippen LogP contribution is 2.32. The van der Waals surface area contributed by atoms with E-state index in [0.717, 1.165) is 24.7 Å². The lowest BCUT2D eigenvalue weighted by Gasteiger charge is -2.34. The van der Waals surface area contributed by atoms with Crippen LogP contribution in [0.25, 0.3) is 0 Å². The zero-order valence-corrected chi connectivity index (χ0v) is 9.80. The van der Waals surface area contributed by atoms with E-state index in [9.17, 15) is 0 Å². The summed E-state index contributed by atoms with van der Waals surface area (Å²) in [6.07, 6.45) is 0. The molecule has 15 heavy (non-hydrogen) atoms. The molecule has 0 spiro atoms. The molecule has 0 radical (unpaired) electrons. The van der Waals surface area contributed by atoms with E-state index in [1.165, 1.54) is 11.1 Å². The van der Waals surface area contributed by atoms with Crippen LogP contribution < -0.4 is 5.73 Å². The molecule has 1 aliphatic heterocycles. The van der Waals surface area contributed by atoms with Crippen molar-refractivity contribution >= 4 is 11.6 Å². The fraction of sp³-hybridized carbons (Fsp3) is 0.500. The summed E-state index contributed by atoms with van der Waals surface area (Å²) >= 11 is 6.23. The fourth-order valence-electron chi connectivity index (χ4n) is 2.32. The normalized spacial score (nSPS) is 21.4. The number of benzene rings is 1. The van der Waals surface area contributed by atoms with Gasteiger partial charge in [0.2, 0.25) is 0 Å². The lowest BCUT2D eigenvalue weighted by molar-refractivity contribution is 0.243. The molecule has 82 valence electrons. The molecule has 1 aliphatic rings. The molecule has 0 amide bonds. The highest BCUT2D eigenvalue weighted by molar-refractivity contribution is 6.31. The molecular formula is C12H17ClN2. The van der Waals surface area contributed by atoms with Gasteiger partial charge in [0.15, 0.2) is 0 Å². The Kier molecular flexibility index (Phi) is 3.29. The molecule has 1 aromatic carbocycles. The number of hydrogen-bond donors (Lipinski definition) is 1. The number of fused-ring (bicyclic) bond motifs is 1. The topological polar surface area (TPSA) is 29.3 Å². The van der Waals surface area contributed by atoms with E-state index in [0.29, 0.717) is 12.5 Å². The van der Waals surface area contributed by atoms with E-state index < -0.39 is 0 Å². The lowest BCUT2D eigenvalue weighted by Crippen LogP contribution is -2.36. The first kappa shape index (κ1) is 10.9. The number of nitrogens with zero attached hydrogens (tertiary/aromatic N) is 1. The highest BCUT2D eigenvalue weighted by Gasteiger charge is 2.25. The number of hydrogen-bond acceptors (Lipinski definition) is 2. The van der Waals surface area contributed by atoms with Crippen LogP contribution in [0.5, 0.6) is 0 Å². The summed E-state index contributed by atoms with van der Waals surface area (Å²) in [5, 5.41) is 0.874. The van der Waals surface area contributed by atoms with Crippen molar-refractivity contribution in [1.82, 2.24) is 4.90 Å². The maximum absolute atomic E-state index is 6.23. The van der Waals surface area contributed by atoms with Crippen molar-refractivity contribution < 1.29 is 0 Å². The first-order chi connectivity index (χ1) is 7.26. The molecule has 0 fully saturated rings. The smallest absolute Gasteiger partial charge is 0.0445 e. The average Bonchev–Trinajstić information content (AvgIpc) is 2.27. The van der Waals surface area contributed by atoms with Gasteiger partial charge in [-0.1, -0.05) is 30.7 Å². The molecule has 2 N–H and O–H groups in total. The van der Waals surface area contributed by atoms with Gasteiger partial charge in [0.1, 0.15) is 0 Å². The second-order valence-corrected chi connectivity index (χ2v) is 4.48. The minimum absolute atomic E-state index is 0.391. The van der Waals surface area contributed by atoms with E-state index >= 15 is 0 Å². The van der Waals surface area contributed by atoms with Gasteiger partial charge in [-0.15, -0.1) is 0 Å². The molecular weight excluding hydrogens is 208 g/mol. The molecule has 0 saturated heterocycles. The van der Waals surface area contributed by atoms with Crippen molar-refractivity contribution in [2.24, 2.45) is 5.73 Å². The maximum atomic E-state index is 6.23. The second-order valence-electron chi connectivity index (χ2n) is 4.07. The number of likely N-dealkylation sites (N-methyl/N-ethyl adjacent to an activating group) is 1. The third kappa shape index (κ3) is 2.03. The van der Waals surface area contributed by atoms with Crippen LogP contribution in [0, 0.1) is 0 Å². The van der Waals surface area contributed by atoms with Crippen molar-refractivity contribution in [3.63, 3.8) is 0 Å². The standard InChI is InChI=1S/C12H17ClN2/c1-2-15-7-9-4-3-5-11(13)12(9)10(6-14)8-15/h3-5,10H,2,6-8,14H2,1H3. The molecule has 0 aliphatic carbocycles. The Balaban J connectivity index is 2.40. The Morgan fingerprint density at radius 3 is 3.00 bits per heavy atom. The first-order valence-corrected chi connectivity index (χ1v) is 5.83. The summed E-state index contributed by atoms with van der Waals surface area (Å²) in [4.78, 5) is 2.41. The Bertz CT molecular complexity index is 351. The van der Waals surface area contributed by atoms with Crippen molar-refractivity contribution in [2.75, 3.05) is 19.6 Å². The highest BCUT2D eigenvalue weighted by atomic mass is 35.5. The minimum Gasteiger partial charge on any atom is -0.330 e. The minimum atomic E-state index is 0.391. The van der Waals surface area contributed by atoms with Crippen LogP contribution in [0.1, 0.15) is 24.0 Å². The fourth-order valence-corrected chi connectivity index (χ4v) is 2.67. The van der Waals surface area contributed by atoms with Gasteiger partial charge >= 0.3 is 0 Å². The zero-order valence-electron chi connectivity index (χ0n) is 9.04. The van der Waals surface area contributed by atoms with Gasteiger partial charge in [0.05, 0.1) is 0 Å². The van der Waals surface area contributed by atoms with Gasteiger partial charge < -0.3 is 5.73 Å². The molecule has 3 heteroatoms. The summed E-state index contributed by atoms with van der Waals surface area (Å²) in [6, 6.07) is 6.14. The summed E-state index contributed by atoms with van der Waals surface area (Å²) in [6.45, 7) is 5.96. The quantitative estimate of drug-likeness (QED) is 0.835. The monoisotopic (exact) mass is 224 g/mol. The van der Waals surface area contributed by atoms with E-state index in [1.807, 2.05) is 12.1 Å². The van der Waals surface area contributed by atoms with Gasteiger partial charge in [-0.3, -0.25) is 4.90 Å². The van der Waals surface area contributed by atoms with Crippen LogP contribution in [-0.4, -0.2) is 24.5 Å². The Morgan fingerprint density at radius 2 is 2.33 bits per heavy atom. The number of rotatable bonds is 2. The predicted octanol–water partition coefficient (Wildman–Crippen LogP) is 2.22. The average molecular weight is 225 g/mol. The maximum Gasteiger partial charge on any atom is 0.0445 e. The van der Waals surface area contributed by atoms with Crippen molar-refractivity contribution in [2.45, 2.75) is 19.4 Å². The Labute approximate surface area is 96.0 Å². The van der Waals surface area contributed by atoms with Crippen molar-refractivity contribution in [1.29, 1.82) is 0 Å². The molecule has 0 saturated carbocycles. The van der Waals surface area contributed by atoms with E-state index in [1.54, 1.807) is 0 Å². The Morgan fingerprint density at radius 1 is 1.53 bits per heavy atom. The summed E-state index contributed by atoms with van der Waals surface area (Å²) in [5.41, 5.74) is 8.43. The number of nitrogens with two attached hydrogens (primary N) is 1. The largest absolute Gasteiger partial charge is 0.330 e. The lowest BCUT2D eigenvalue weighted by atomic mass is 9.90. The summed E-state index contributed by atoms with van der Waals surface area (Å²) < 4.78 is 0. The van der Waals surface area contributed by atoms with Gasteiger partial charge in [0.25, 0.3) is 0 Å². The van der Waals surface area contributed by atoms with Crippen LogP contribution >= 0.6 is 11.6 Å². The van der Waals surface area contributed by atoms with Gasteiger partial charge in [-0.25, -0.2) is 0 Å². The summed E-state index contributed by atoms with van der Waals surface area (Å²) in [7, 11) is 0. The van der Waals surface area contributed by atoms with E-state index in [4.69, 9.17) is 17.3 Å². The van der Waals surface area contributed by atoms with E-state index in [-0.39, 0.29) is 0 Å². The molecule has 2 rings (SSSR count). The zero-order chi connectivity index (χ0) is 10.8. The molecule has 0 bridgehead atoms. The molecule has 1 aromatic rings. The molecule has 2 nitrogen and oxygen atoms in total. The van der Waals surface area contributed by atoms with Crippen molar-refractivity contribution in [3.8, 4) is 0 Å². The SMILES string of the molecule is CCN1Cc2cccc(Cl)c2C(CN)C1. The number of halogens is 1. The van der Waals surface area contributed by atoms with Crippen LogP contribution in [-0.2, 0) is 6.54 Å². The van der Waals surface area contributed by atoms with E-state index in [2.05, 4.69) is 17.9 Å². The van der Waals surface area contributed by atoms with Gasteiger partial charge in [-0.2, -0.15) is 0 Å². The third-order valence-corrected chi connectivity index (χ3v) is 3.49. The molecule has 1 heterocycles.